The van der Waals surface area contributed by atoms with Crippen LogP contribution in [0.1, 0.15) is 95.5 Å². The molecule has 0 aliphatic heterocycles. The number of benzene rings is 1. The van der Waals surface area contributed by atoms with Gasteiger partial charge in [0.2, 0.25) is 11.6 Å². The maximum atomic E-state index is 13.9. The van der Waals surface area contributed by atoms with Crippen LogP contribution in [0.15, 0.2) is 12.1 Å². The van der Waals surface area contributed by atoms with Gasteiger partial charge in [-0.05, 0) is 67.1 Å². The van der Waals surface area contributed by atoms with Gasteiger partial charge in [-0.2, -0.15) is 8.78 Å². The summed E-state index contributed by atoms with van der Waals surface area (Å²) in [5.74, 6) is 0.576. The Balaban J connectivity index is 1.44. The molecule has 0 amide bonds. The van der Waals surface area contributed by atoms with Crippen molar-refractivity contribution in [1.82, 2.24) is 0 Å². The lowest BCUT2D eigenvalue weighted by Gasteiger charge is -2.32. The standard InChI is InChI=1S/C23H33F2NO2/c1-2-3-16-4-6-17(7-5-16)8-9-18-10-12-19(13-11-18)20-14-21(24)23(26(27)28)22(25)15-20/h14-19H,2-13H2,1H3. The van der Waals surface area contributed by atoms with Crippen LogP contribution < -0.4 is 0 Å². The smallest absolute Gasteiger partial charge is 0.258 e. The summed E-state index contributed by atoms with van der Waals surface area (Å²) in [7, 11) is 0. The lowest BCUT2D eigenvalue weighted by molar-refractivity contribution is -0.390. The lowest BCUT2D eigenvalue weighted by atomic mass is 9.74. The molecule has 5 heteroatoms. The topological polar surface area (TPSA) is 43.1 Å². The van der Waals surface area contributed by atoms with Crippen LogP contribution in [0.25, 0.3) is 0 Å². The number of nitro benzene ring substituents is 1. The molecular weight excluding hydrogens is 360 g/mol. The molecule has 2 aliphatic carbocycles. The number of nitrogens with zero attached hydrogens (tertiary/aromatic N) is 1. The molecule has 0 spiro atoms. The molecule has 2 aliphatic rings. The maximum Gasteiger partial charge on any atom is 0.340 e. The molecule has 0 aromatic heterocycles. The van der Waals surface area contributed by atoms with Crippen molar-refractivity contribution < 1.29 is 13.7 Å². The van der Waals surface area contributed by atoms with E-state index in [1.165, 1.54) is 63.5 Å². The van der Waals surface area contributed by atoms with E-state index >= 15 is 0 Å². The molecule has 28 heavy (non-hydrogen) atoms. The van der Waals surface area contributed by atoms with Gasteiger partial charge in [0.05, 0.1) is 4.92 Å². The molecule has 156 valence electrons. The van der Waals surface area contributed by atoms with Crippen molar-refractivity contribution in [3.63, 3.8) is 0 Å². The number of rotatable bonds is 7. The number of halogens is 2. The number of hydrogen-bond donors (Lipinski definition) is 0. The largest absolute Gasteiger partial charge is 0.340 e. The van der Waals surface area contributed by atoms with E-state index in [0.717, 1.165) is 43.4 Å². The van der Waals surface area contributed by atoms with Crippen molar-refractivity contribution in [2.45, 2.75) is 89.9 Å². The highest BCUT2D eigenvalue weighted by atomic mass is 19.1. The highest BCUT2D eigenvalue weighted by Crippen LogP contribution is 2.41. The molecular formula is C23H33F2NO2. The molecule has 2 fully saturated rings. The number of hydrogen-bond acceptors (Lipinski definition) is 2. The Morgan fingerprint density at radius 3 is 1.71 bits per heavy atom. The van der Waals surface area contributed by atoms with E-state index in [1.54, 1.807) is 0 Å². The lowest BCUT2D eigenvalue weighted by Crippen LogP contribution is -2.18. The Bertz CT molecular complexity index is 640. The first-order valence-electron chi connectivity index (χ1n) is 11.1. The maximum absolute atomic E-state index is 13.9. The van der Waals surface area contributed by atoms with Crippen molar-refractivity contribution in [3.05, 3.63) is 39.4 Å². The first kappa shape index (κ1) is 21.2. The van der Waals surface area contributed by atoms with Gasteiger partial charge in [-0.15, -0.1) is 0 Å². The van der Waals surface area contributed by atoms with E-state index in [-0.39, 0.29) is 5.92 Å². The third kappa shape index (κ3) is 5.30. The van der Waals surface area contributed by atoms with Gasteiger partial charge in [0.25, 0.3) is 0 Å². The molecule has 0 atom stereocenters. The van der Waals surface area contributed by atoms with E-state index in [0.29, 0.717) is 5.56 Å². The zero-order valence-corrected chi connectivity index (χ0v) is 17.0. The molecule has 1 aromatic rings. The van der Waals surface area contributed by atoms with E-state index in [1.807, 2.05) is 0 Å². The summed E-state index contributed by atoms with van der Waals surface area (Å²) < 4.78 is 27.8. The van der Waals surface area contributed by atoms with E-state index in [4.69, 9.17) is 0 Å². The average molecular weight is 394 g/mol. The van der Waals surface area contributed by atoms with Crippen molar-refractivity contribution in [2.75, 3.05) is 0 Å². The SMILES string of the molecule is CCCC1CCC(CCC2CCC(c3cc(F)c([N+](=O)[O-])c(F)c3)CC2)CC1. The minimum absolute atomic E-state index is 0.116. The summed E-state index contributed by atoms with van der Waals surface area (Å²) in [5, 5.41) is 10.8. The van der Waals surface area contributed by atoms with Crippen molar-refractivity contribution >= 4 is 5.69 Å². The molecule has 3 nitrogen and oxygen atoms in total. The van der Waals surface area contributed by atoms with Crippen molar-refractivity contribution in [2.24, 2.45) is 17.8 Å². The summed E-state index contributed by atoms with van der Waals surface area (Å²) in [6, 6.07) is 2.34. The third-order valence-electron chi connectivity index (χ3n) is 7.19. The van der Waals surface area contributed by atoms with Crippen molar-refractivity contribution in [1.29, 1.82) is 0 Å². The van der Waals surface area contributed by atoms with Gasteiger partial charge >= 0.3 is 5.69 Å². The monoisotopic (exact) mass is 393 g/mol. The second kappa shape index (κ2) is 9.80. The second-order valence-electron chi connectivity index (χ2n) is 9.06. The highest BCUT2D eigenvalue weighted by molar-refractivity contribution is 5.38. The van der Waals surface area contributed by atoms with Crippen molar-refractivity contribution in [3.8, 4) is 0 Å². The fourth-order valence-corrected chi connectivity index (χ4v) is 5.47. The summed E-state index contributed by atoms with van der Waals surface area (Å²) in [6.45, 7) is 2.28. The average Bonchev–Trinajstić information content (AvgIpc) is 2.67. The van der Waals surface area contributed by atoms with E-state index < -0.39 is 22.2 Å². The Kier molecular flexibility index (Phi) is 7.42. The number of nitro groups is 1. The zero-order chi connectivity index (χ0) is 20.1. The summed E-state index contributed by atoms with van der Waals surface area (Å²) in [5.41, 5.74) is -0.459. The zero-order valence-electron chi connectivity index (χ0n) is 17.0. The molecule has 0 radical (unpaired) electrons. The van der Waals surface area contributed by atoms with Gasteiger partial charge in [-0.25, -0.2) is 0 Å². The Hall–Kier alpha value is -1.52. The van der Waals surface area contributed by atoms with Crippen LogP contribution in [0.4, 0.5) is 14.5 Å². The van der Waals surface area contributed by atoms with E-state index in [2.05, 4.69) is 6.92 Å². The molecule has 0 unspecified atom stereocenters. The molecule has 0 bridgehead atoms. The van der Waals surface area contributed by atoms with Crippen LogP contribution in [0.2, 0.25) is 0 Å². The molecule has 0 saturated heterocycles. The van der Waals surface area contributed by atoms with Crippen LogP contribution in [0, 0.1) is 39.5 Å². The fourth-order valence-electron chi connectivity index (χ4n) is 5.47. The molecule has 0 N–H and O–H groups in total. The van der Waals surface area contributed by atoms with Crippen LogP contribution in [0.5, 0.6) is 0 Å². The first-order valence-corrected chi connectivity index (χ1v) is 11.1. The van der Waals surface area contributed by atoms with Gasteiger partial charge in [-0.1, -0.05) is 58.3 Å². The summed E-state index contributed by atoms with van der Waals surface area (Å²) in [4.78, 5) is 9.77. The Morgan fingerprint density at radius 1 is 0.857 bits per heavy atom. The highest BCUT2D eigenvalue weighted by Gasteiger charge is 2.28. The Labute approximate surface area is 167 Å². The fraction of sp³-hybridized carbons (Fsp3) is 0.739. The van der Waals surface area contributed by atoms with Gasteiger partial charge < -0.3 is 0 Å². The van der Waals surface area contributed by atoms with Crippen LogP contribution in [-0.4, -0.2) is 4.92 Å². The second-order valence-corrected chi connectivity index (χ2v) is 9.06. The van der Waals surface area contributed by atoms with Gasteiger partial charge in [0.15, 0.2) is 0 Å². The van der Waals surface area contributed by atoms with Crippen LogP contribution in [0.3, 0.4) is 0 Å². The molecule has 0 heterocycles. The minimum Gasteiger partial charge on any atom is -0.258 e. The summed E-state index contributed by atoms with van der Waals surface area (Å²) >= 11 is 0. The molecule has 3 rings (SSSR count). The van der Waals surface area contributed by atoms with Gasteiger partial charge in [0, 0.05) is 0 Å². The normalized spacial score (nSPS) is 28.2. The molecule has 2 saturated carbocycles. The predicted octanol–water partition coefficient (Wildman–Crippen LogP) is 7.53. The van der Waals surface area contributed by atoms with Crippen LogP contribution >= 0.6 is 0 Å². The third-order valence-corrected chi connectivity index (χ3v) is 7.19. The van der Waals surface area contributed by atoms with Crippen LogP contribution in [-0.2, 0) is 0 Å². The molecule has 1 aromatic carbocycles. The summed E-state index contributed by atoms with van der Waals surface area (Å²) in [6.07, 6.45) is 14.9. The minimum atomic E-state index is -1.05. The quantitative estimate of drug-likeness (QED) is 0.355. The van der Waals surface area contributed by atoms with Gasteiger partial charge in [-0.3, -0.25) is 10.1 Å². The first-order chi connectivity index (χ1) is 13.5. The van der Waals surface area contributed by atoms with Gasteiger partial charge in [0.1, 0.15) is 0 Å². The Morgan fingerprint density at radius 2 is 1.29 bits per heavy atom. The van der Waals surface area contributed by atoms with E-state index in [9.17, 15) is 18.9 Å². The predicted molar refractivity (Wildman–Crippen MR) is 107 cm³/mol.